The number of halogens is 1. The Balaban J connectivity index is 1.34. The Morgan fingerprint density at radius 3 is 2.46 bits per heavy atom. The van der Waals surface area contributed by atoms with E-state index in [1.54, 1.807) is 4.68 Å². The second-order valence-electron chi connectivity index (χ2n) is 8.10. The van der Waals surface area contributed by atoms with Gasteiger partial charge in [0.1, 0.15) is 17.5 Å². The topological polar surface area (TPSA) is 77.1 Å². The molecule has 5 aromatic rings. The summed E-state index contributed by atoms with van der Waals surface area (Å²) < 4.78 is 3.58. The van der Waals surface area contributed by atoms with Crippen molar-refractivity contribution in [1.29, 1.82) is 0 Å². The van der Waals surface area contributed by atoms with Crippen molar-refractivity contribution in [2.75, 3.05) is 0 Å². The zero-order chi connectivity index (χ0) is 24.2. The average molecular weight is 483 g/mol. The van der Waals surface area contributed by atoms with Crippen LogP contribution in [0.25, 0.3) is 16.7 Å². The van der Waals surface area contributed by atoms with E-state index >= 15 is 0 Å². The molecule has 2 aromatic heterocycles. The molecule has 7 nitrogen and oxygen atoms in total. The van der Waals surface area contributed by atoms with Gasteiger partial charge in [-0.1, -0.05) is 72.3 Å². The highest BCUT2D eigenvalue weighted by Crippen LogP contribution is 2.22. The van der Waals surface area contributed by atoms with Gasteiger partial charge in [0, 0.05) is 6.42 Å². The first-order valence-corrected chi connectivity index (χ1v) is 11.6. The van der Waals surface area contributed by atoms with E-state index in [1.807, 2.05) is 84.3 Å². The van der Waals surface area contributed by atoms with Crippen LogP contribution < -0.4 is 5.43 Å². The molecule has 35 heavy (non-hydrogen) atoms. The van der Waals surface area contributed by atoms with Gasteiger partial charge in [-0.3, -0.25) is 4.79 Å². The second-order valence-corrected chi connectivity index (χ2v) is 8.45. The number of hydrogen-bond acceptors (Lipinski definition) is 4. The number of aromatic nitrogens is 4. The van der Waals surface area contributed by atoms with Gasteiger partial charge in [-0.25, -0.2) is 15.1 Å². The van der Waals surface area contributed by atoms with Crippen LogP contribution in [0.3, 0.4) is 0 Å². The lowest BCUT2D eigenvalue weighted by atomic mass is 10.1. The van der Waals surface area contributed by atoms with Crippen molar-refractivity contribution >= 4 is 34.8 Å². The number of hydrogen-bond donors (Lipinski definition) is 1. The van der Waals surface area contributed by atoms with Gasteiger partial charge in [-0.2, -0.15) is 10.2 Å². The number of aryl methyl sites for hydroxylation is 1. The van der Waals surface area contributed by atoms with Crippen molar-refractivity contribution in [2.45, 2.75) is 19.9 Å². The molecule has 0 aliphatic rings. The number of fused-ring (bicyclic) bond motifs is 1. The third-order valence-corrected chi connectivity index (χ3v) is 6.04. The number of rotatable bonds is 7. The fourth-order valence-corrected chi connectivity index (χ4v) is 4.28. The monoisotopic (exact) mass is 482 g/mol. The summed E-state index contributed by atoms with van der Waals surface area (Å²) in [5.41, 5.74) is 7.71. The molecular weight excluding hydrogens is 460 g/mol. The normalized spacial score (nSPS) is 11.4. The van der Waals surface area contributed by atoms with E-state index in [9.17, 15) is 4.79 Å². The number of para-hydroxylation sites is 3. The smallest absolute Gasteiger partial charge is 0.260 e. The summed E-state index contributed by atoms with van der Waals surface area (Å²) in [6.45, 7) is 1.94. The SMILES string of the molecule is Cc1nn(-c2ccccc2)c(Cl)c1/C=N/NC(=O)Cn1c(Cc2ccccc2)nc2ccccc21. The fraction of sp³-hybridized carbons (Fsp3) is 0.111. The number of amides is 1. The molecule has 0 spiro atoms. The number of nitrogens with one attached hydrogen (secondary N) is 1. The molecule has 1 N–H and O–H groups in total. The van der Waals surface area contributed by atoms with Crippen LogP contribution in [0, 0.1) is 6.92 Å². The van der Waals surface area contributed by atoms with Gasteiger partial charge in [0.15, 0.2) is 0 Å². The van der Waals surface area contributed by atoms with Gasteiger partial charge in [0.25, 0.3) is 5.91 Å². The number of imidazole rings is 1. The van der Waals surface area contributed by atoms with E-state index in [4.69, 9.17) is 16.6 Å². The maximum Gasteiger partial charge on any atom is 0.260 e. The van der Waals surface area contributed by atoms with E-state index in [0.29, 0.717) is 22.8 Å². The van der Waals surface area contributed by atoms with Gasteiger partial charge in [0.2, 0.25) is 0 Å². The highest BCUT2D eigenvalue weighted by molar-refractivity contribution is 6.32. The zero-order valence-electron chi connectivity index (χ0n) is 19.1. The lowest BCUT2D eigenvalue weighted by Crippen LogP contribution is -2.24. The molecule has 0 saturated carbocycles. The van der Waals surface area contributed by atoms with E-state index < -0.39 is 0 Å². The van der Waals surface area contributed by atoms with Gasteiger partial charge in [-0.05, 0) is 36.8 Å². The van der Waals surface area contributed by atoms with Crippen LogP contribution in [0.2, 0.25) is 5.15 Å². The molecule has 2 heterocycles. The molecule has 0 unspecified atom stereocenters. The Morgan fingerprint density at radius 2 is 1.69 bits per heavy atom. The first-order chi connectivity index (χ1) is 17.1. The zero-order valence-corrected chi connectivity index (χ0v) is 19.9. The van der Waals surface area contributed by atoms with Crippen LogP contribution in [0.5, 0.6) is 0 Å². The summed E-state index contributed by atoms with van der Waals surface area (Å²) in [6.07, 6.45) is 2.15. The third-order valence-electron chi connectivity index (χ3n) is 5.67. The summed E-state index contributed by atoms with van der Waals surface area (Å²) in [5.74, 6) is 0.558. The quantitative estimate of drug-likeness (QED) is 0.264. The molecule has 0 saturated heterocycles. The van der Waals surface area contributed by atoms with E-state index in [1.165, 1.54) is 6.21 Å². The predicted molar refractivity (Wildman–Crippen MR) is 138 cm³/mol. The highest BCUT2D eigenvalue weighted by atomic mass is 35.5. The predicted octanol–water partition coefficient (Wildman–Crippen LogP) is 4.92. The average Bonchev–Trinajstić information content (AvgIpc) is 3.36. The molecule has 0 bridgehead atoms. The van der Waals surface area contributed by atoms with Gasteiger partial charge >= 0.3 is 0 Å². The van der Waals surface area contributed by atoms with Crippen molar-refractivity contribution in [3.8, 4) is 5.69 Å². The summed E-state index contributed by atoms with van der Waals surface area (Å²) in [4.78, 5) is 17.6. The molecule has 8 heteroatoms. The maximum atomic E-state index is 12.8. The van der Waals surface area contributed by atoms with Crippen molar-refractivity contribution in [3.63, 3.8) is 0 Å². The Morgan fingerprint density at radius 1 is 1.00 bits per heavy atom. The number of carbonyl (C=O) groups excluding carboxylic acids is 1. The van der Waals surface area contributed by atoms with Crippen LogP contribution in [0.15, 0.2) is 90.0 Å². The number of benzene rings is 3. The summed E-state index contributed by atoms with van der Waals surface area (Å²) in [5, 5.41) is 9.07. The molecule has 0 atom stereocenters. The molecule has 0 aliphatic heterocycles. The minimum absolute atomic E-state index is 0.0933. The van der Waals surface area contributed by atoms with E-state index in [-0.39, 0.29) is 12.5 Å². The number of hydrazone groups is 1. The fourth-order valence-electron chi connectivity index (χ4n) is 3.96. The highest BCUT2D eigenvalue weighted by Gasteiger charge is 2.15. The molecule has 1 amide bonds. The van der Waals surface area contributed by atoms with Crippen molar-refractivity contribution in [3.05, 3.63) is 113 Å². The standard InChI is InChI=1S/C27H23ClN6O/c1-19-22(27(28)34(32-19)21-12-6-3-7-13-21)17-29-31-26(35)18-33-24-15-9-8-14-23(24)30-25(33)16-20-10-4-2-5-11-20/h2-15,17H,16,18H2,1H3,(H,31,35)/b29-17+. The third kappa shape index (κ3) is 4.85. The molecule has 0 radical (unpaired) electrons. The Kier molecular flexibility index (Phi) is 6.41. The maximum absolute atomic E-state index is 12.8. The largest absolute Gasteiger partial charge is 0.318 e. The lowest BCUT2D eigenvalue weighted by Gasteiger charge is -2.08. The summed E-state index contributed by atoms with van der Waals surface area (Å²) in [6, 6.07) is 27.5. The number of nitrogens with zero attached hydrogens (tertiary/aromatic N) is 5. The first-order valence-electron chi connectivity index (χ1n) is 11.2. The van der Waals surface area contributed by atoms with Gasteiger partial charge < -0.3 is 4.57 Å². The second kappa shape index (κ2) is 9.95. The van der Waals surface area contributed by atoms with Crippen molar-refractivity contribution in [1.82, 2.24) is 24.8 Å². The molecule has 3 aromatic carbocycles. The van der Waals surface area contributed by atoms with Crippen molar-refractivity contribution in [2.24, 2.45) is 5.10 Å². The minimum Gasteiger partial charge on any atom is -0.318 e. The van der Waals surface area contributed by atoms with Crippen molar-refractivity contribution < 1.29 is 4.79 Å². The summed E-state index contributed by atoms with van der Waals surface area (Å²) >= 11 is 6.54. The van der Waals surface area contributed by atoms with Gasteiger partial charge in [-0.15, -0.1) is 0 Å². The van der Waals surface area contributed by atoms with Crippen LogP contribution in [-0.2, 0) is 17.8 Å². The molecule has 0 fully saturated rings. The van der Waals surface area contributed by atoms with Crippen LogP contribution in [0.1, 0.15) is 22.6 Å². The van der Waals surface area contributed by atoms with E-state index in [2.05, 4.69) is 27.8 Å². The van der Waals surface area contributed by atoms with Crippen LogP contribution in [-0.4, -0.2) is 31.5 Å². The van der Waals surface area contributed by atoms with E-state index in [0.717, 1.165) is 28.1 Å². The summed E-state index contributed by atoms with van der Waals surface area (Å²) in [7, 11) is 0. The minimum atomic E-state index is -0.261. The molecule has 174 valence electrons. The number of carbonyl (C=O) groups is 1. The molecular formula is C27H23ClN6O. The lowest BCUT2D eigenvalue weighted by molar-refractivity contribution is -0.121. The first kappa shape index (κ1) is 22.6. The Hall–Kier alpha value is -4.23. The van der Waals surface area contributed by atoms with Gasteiger partial charge in [0.05, 0.1) is 34.2 Å². The Bertz CT molecular complexity index is 1510. The molecule has 5 rings (SSSR count). The Labute approximate surface area is 207 Å². The van der Waals surface area contributed by atoms with Crippen LogP contribution in [0.4, 0.5) is 0 Å². The van der Waals surface area contributed by atoms with Crippen LogP contribution >= 0.6 is 11.6 Å². The molecule has 0 aliphatic carbocycles.